The van der Waals surface area contributed by atoms with Crippen molar-refractivity contribution < 1.29 is 17.9 Å². The highest BCUT2D eigenvalue weighted by atomic mass is 32.2. The number of sulfonamides is 1. The minimum absolute atomic E-state index is 0.225. The van der Waals surface area contributed by atoms with E-state index in [1.165, 1.54) is 7.05 Å². The number of nitrogens with zero attached hydrogens (tertiary/aromatic N) is 2. The lowest BCUT2D eigenvalue weighted by Crippen LogP contribution is -2.36. The smallest absolute Gasteiger partial charge is 0.243 e. The van der Waals surface area contributed by atoms with E-state index in [0.717, 1.165) is 28.6 Å². The molecule has 0 aromatic heterocycles. The van der Waals surface area contributed by atoms with Crippen LogP contribution in [-0.4, -0.2) is 58.5 Å². The molecule has 1 N–H and O–H groups in total. The van der Waals surface area contributed by atoms with Crippen LogP contribution in [0.25, 0.3) is 0 Å². The predicted molar refractivity (Wildman–Crippen MR) is 114 cm³/mol. The summed E-state index contributed by atoms with van der Waals surface area (Å²) in [6.07, 6.45) is 0. The van der Waals surface area contributed by atoms with Crippen LogP contribution >= 0.6 is 0 Å². The molecule has 8 heteroatoms. The van der Waals surface area contributed by atoms with Crippen LogP contribution in [0.15, 0.2) is 47.4 Å². The number of hydrogen-bond acceptors (Lipinski definition) is 5. The number of carbonyl (C=O) groups is 1. The summed E-state index contributed by atoms with van der Waals surface area (Å²) in [6.45, 7) is 6.42. The molecule has 0 spiro atoms. The summed E-state index contributed by atoms with van der Waals surface area (Å²) in [4.78, 5) is 14.8. The van der Waals surface area contributed by atoms with Crippen LogP contribution in [0.2, 0.25) is 0 Å². The van der Waals surface area contributed by atoms with Crippen molar-refractivity contribution in [1.82, 2.24) is 4.31 Å². The Bertz CT molecular complexity index is 968. The molecule has 156 valence electrons. The van der Waals surface area contributed by atoms with Crippen LogP contribution in [0.1, 0.15) is 11.1 Å². The minimum atomic E-state index is -3.75. The second kappa shape index (κ2) is 8.94. The molecule has 0 unspecified atom stereocenters. The standard InChI is InChI=1S/C21H27N3O4S/c1-16-4-5-17(2)20(14-16)29(26,27)23(3)15-21(25)22-18-6-8-19(9-7-18)24-10-12-28-13-11-24/h4-9,14H,10-13,15H2,1-3H3,(H,22,25). The third-order valence-corrected chi connectivity index (χ3v) is 6.87. The first-order chi connectivity index (χ1) is 13.8. The molecule has 7 nitrogen and oxygen atoms in total. The fraction of sp³-hybridized carbons (Fsp3) is 0.381. The van der Waals surface area contributed by atoms with Gasteiger partial charge in [0.15, 0.2) is 0 Å². The van der Waals surface area contributed by atoms with Gasteiger partial charge < -0.3 is 15.0 Å². The van der Waals surface area contributed by atoms with Crippen LogP contribution in [0.5, 0.6) is 0 Å². The Labute approximate surface area is 172 Å². The van der Waals surface area contributed by atoms with Crippen LogP contribution in [0.3, 0.4) is 0 Å². The normalized spacial score (nSPS) is 14.8. The van der Waals surface area contributed by atoms with Gasteiger partial charge in [-0.3, -0.25) is 4.79 Å². The quantitative estimate of drug-likeness (QED) is 0.781. The van der Waals surface area contributed by atoms with Crippen LogP contribution in [-0.2, 0) is 19.6 Å². The summed E-state index contributed by atoms with van der Waals surface area (Å²) in [6, 6.07) is 12.8. The second-order valence-electron chi connectivity index (χ2n) is 7.22. The van der Waals surface area contributed by atoms with E-state index in [2.05, 4.69) is 10.2 Å². The van der Waals surface area contributed by atoms with Crippen LogP contribution in [0, 0.1) is 13.8 Å². The van der Waals surface area contributed by atoms with E-state index in [1.54, 1.807) is 19.1 Å². The number of morpholine rings is 1. The van der Waals surface area contributed by atoms with Gasteiger partial charge >= 0.3 is 0 Å². The average molecular weight is 418 g/mol. The molecule has 29 heavy (non-hydrogen) atoms. The molecule has 2 aromatic carbocycles. The average Bonchev–Trinajstić information content (AvgIpc) is 2.70. The largest absolute Gasteiger partial charge is 0.378 e. The maximum atomic E-state index is 12.8. The molecular weight excluding hydrogens is 390 g/mol. The number of nitrogens with one attached hydrogen (secondary N) is 1. The molecular formula is C21H27N3O4S. The molecule has 3 rings (SSSR count). The zero-order valence-electron chi connectivity index (χ0n) is 17.0. The predicted octanol–water partition coefficient (Wildman–Crippen LogP) is 2.40. The molecule has 0 atom stereocenters. The van der Waals surface area contributed by atoms with E-state index < -0.39 is 10.0 Å². The Morgan fingerprint density at radius 2 is 1.76 bits per heavy atom. The Morgan fingerprint density at radius 3 is 2.41 bits per heavy atom. The maximum Gasteiger partial charge on any atom is 0.243 e. The number of ether oxygens (including phenoxy) is 1. The first-order valence-corrected chi connectivity index (χ1v) is 11.0. The third kappa shape index (κ3) is 5.14. The SMILES string of the molecule is Cc1ccc(C)c(S(=O)(=O)N(C)CC(=O)Nc2ccc(N3CCOCC3)cc2)c1. The van der Waals surface area contributed by atoms with Gasteiger partial charge in [-0.15, -0.1) is 0 Å². The van der Waals surface area contributed by atoms with Gasteiger partial charge in [-0.1, -0.05) is 12.1 Å². The molecule has 1 fully saturated rings. The molecule has 0 bridgehead atoms. The zero-order valence-corrected chi connectivity index (χ0v) is 17.8. The number of amides is 1. The molecule has 2 aromatic rings. The lowest BCUT2D eigenvalue weighted by atomic mass is 10.2. The van der Waals surface area contributed by atoms with Gasteiger partial charge in [0.05, 0.1) is 24.7 Å². The Kier molecular flexibility index (Phi) is 6.56. The van der Waals surface area contributed by atoms with Crippen molar-refractivity contribution in [2.24, 2.45) is 0 Å². The van der Waals surface area contributed by atoms with Gasteiger partial charge in [0.25, 0.3) is 0 Å². The molecule has 1 heterocycles. The lowest BCUT2D eigenvalue weighted by Gasteiger charge is -2.28. The van der Waals surface area contributed by atoms with E-state index in [-0.39, 0.29) is 17.3 Å². The molecule has 0 aliphatic carbocycles. The fourth-order valence-corrected chi connectivity index (χ4v) is 4.65. The van der Waals surface area contributed by atoms with Crippen molar-refractivity contribution >= 4 is 27.3 Å². The van der Waals surface area contributed by atoms with E-state index in [0.29, 0.717) is 24.5 Å². The highest BCUT2D eigenvalue weighted by Gasteiger charge is 2.25. The highest BCUT2D eigenvalue weighted by molar-refractivity contribution is 7.89. The van der Waals surface area contributed by atoms with Crippen molar-refractivity contribution in [3.63, 3.8) is 0 Å². The topological polar surface area (TPSA) is 79.0 Å². The number of hydrogen-bond donors (Lipinski definition) is 1. The van der Waals surface area contributed by atoms with Crippen molar-refractivity contribution in [2.75, 3.05) is 50.1 Å². The molecule has 1 aliphatic rings. The van der Waals surface area contributed by atoms with E-state index in [9.17, 15) is 13.2 Å². The van der Waals surface area contributed by atoms with Crippen molar-refractivity contribution in [1.29, 1.82) is 0 Å². The van der Waals surface area contributed by atoms with Gasteiger partial charge in [0, 0.05) is 31.5 Å². The lowest BCUT2D eigenvalue weighted by molar-refractivity contribution is -0.116. The summed E-state index contributed by atoms with van der Waals surface area (Å²) >= 11 is 0. The van der Waals surface area contributed by atoms with Crippen molar-refractivity contribution in [2.45, 2.75) is 18.7 Å². The molecule has 1 aliphatic heterocycles. The number of likely N-dealkylation sites (N-methyl/N-ethyl adjacent to an activating group) is 1. The van der Waals surface area contributed by atoms with E-state index in [1.807, 2.05) is 37.3 Å². The summed E-state index contributed by atoms with van der Waals surface area (Å²) in [5.74, 6) is -0.388. The fourth-order valence-electron chi connectivity index (χ4n) is 3.22. The number of carbonyl (C=O) groups excluding carboxylic acids is 1. The van der Waals surface area contributed by atoms with Gasteiger partial charge in [-0.2, -0.15) is 4.31 Å². The number of benzene rings is 2. The summed E-state index contributed by atoms with van der Waals surface area (Å²) in [5.41, 5.74) is 3.21. The van der Waals surface area contributed by atoms with Crippen molar-refractivity contribution in [3.8, 4) is 0 Å². The Hall–Kier alpha value is -2.42. The third-order valence-electron chi connectivity index (χ3n) is 4.93. The number of rotatable bonds is 6. The maximum absolute atomic E-state index is 12.8. The monoisotopic (exact) mass is 417 g/mol. The first kappa shape index (κ1) is 21.3. The highest BCUT2D eigenvalue weighted by Crippen LogP contribution is 2.21. The molecule has 1 amide bonds. The van der Waals surface area contributed by atoms with Crippen LogP contribution < -0.4 is 10.2 Å². The first-order valence-electron chi connectivity index (χ1n) is 9.53. The number of aryl methyl sites for hydroxylation is 2. The van der Waals surface area contributed by atoms with Gasteiger partial charge in [0.1, 0.15) is 0 Å². The summed E-state index contributed by atoms with van der Waals surface area (Å²) < 4.78 is 32.1. The van der Waals surface area contributed by atoms with Gasteiger partial charge in [-0.05, 0) is 55.3 Å². The van der Waals surface area contributed by atoms with Gasteiger partial charge in [-0.25, -0.2) is 8.42 Å². The Morgan fingerprint density at radius 1 is 1.10 bits per heavy atom. The summed E-state index contributed by atoms with van der Waals surface area (Å²) in [7, 11) is -2.33. The van der Waals surface area contributed by atoms with E-state index >= 15 is 0 Å². The van der Waals surface area contributed by atoms with E-state index in [4.69, 9.17) is 4.74 Å². The number of anilines is 2. The molecule has 0 saturated carbocycles. The molecule has 1 saturated heterocycles. The van der Waals surface area contributed by atoms with Gasteiger partial charge in [0.2, 0.25) is 15.9 Å². The van der Waals surface area contributed by atoms with Crippen LogP contribution in [0.4, 0.5) is 11.4 Å². The second-order valence-corrected chi connectivity index (χ2v) is 9.24. The Balaban J connectivity index is 1.63. The summed E-state index contributed by atoms with van der Waals surface area (Å²) in [5, 5.41) is 2.76. The van der Waals surface area contributed by atoms with Crippen molar-refractivity contribution in [3.05, 3.63) is 53.6 Å². The minimum Gasteiger partial charge on any atom is -0.378 e. The molecule has 0 radical (unpaired) electrons. The zero-order chi connectivity index (χ0) is 21.0.